The van der Waals surface area contributed by atoms with Crippen molar-refractivity contribution in [1.82, 2.24) is 5.43 Å². The van der Waals surface area contributed by atoms with Crippen LogP contribution >= 0.6 is 11.6 Å². The van der Waals surface area contributed by atoms with Gasteiger partial charge in [0.05, 0.1) is 27.0 Å². The van der Waals surface area contributed by atoms with Gasteiger partial charge < -0.3 is 19.6 Å². The zero-order valence-corrected chi connectivity index (χ0v) is 17.1. The highest BCUT2D eigenvalue weighted by Gasteiger charge is 2.06. The number of hydrogen-bond acceptors (Lipinski definition) is 5. The zero-order valence-electron chi connectivity index (χ0n) is 16.4. The lowest BCUT2D eigenvalue weighted by Gasteiger charge is -2.11. The van der Waals surface area contributed by atoms with E-state index in [1.807, 2.05) is 66.7 Å². The van der Waals surface area contributed by atoms with Crippen LogP contribution < -0.4 is 19.6 Å². The van der Waals surface area contributed by atoms with Crippen LogP contribution in [-0.4, -0.2) is 20.4 Å². The second kappa shape index (κ2) is 10.4. The average Bonchev–Trinajstić information content (AvgIpc) is 2.76. The van der Waals surface area contributed by atoms with E-state index in [0.717, 1.165) is 22.4 Å². The SMILES string of the molecule is COc1ccccc1CN/N=C\c1ccc(OCc2cccc(Cl)c2)c(OC)c1. The lowest BCUT2D eigenvalue weighted by Crippen LogP contribution is -2.07. The van der Waals surface area contributed by atoms with Gasteiger partial charge in [-0.05, 0) is 47.5 Å². The summed E-state index contributed by atoms with van der Waals surface area (Å²) >= 11 is 6.01. The van der Waals surface area contributed by atoms with Crippen molar-refractivity contribution >= 4 is 17.8 Å². The average molecular weight is 411 g/mol. The molecule has 0 aliphatic heterocycles. The molecule has 3 aromatic carbocycles. The fraction of sp³-hybridized carbons (Fsp3) is 0.174. The Balaban J connectivity index is 1.60. The van der Waals surface area contributed by atoms with Gasteiger partial charge in [-0.15, -0.1) is 0 Å². The number of hydrogen-bond donors (Lipinski definition) is 1. The quantitative estimate of drug-likeness (QED) is 0.395. The van der Waals surface area contributed by atoms with Gasteiger partial charge in [-0.25, -0.2) is 0 Å². The second-order valence-electron chi connectivity index (χ2n) is 6.23. The van der Waals surface area contributed by atoms with Crippen molar-refractivity contribution in [2.45, 2.75) is 13.2 Å². The highest BCUT2D eigenvalue weighted by molar-refractivity contribution is 6.30. The molecule has 0 amide bonds. The molecule has 5 nitrogen and oxygen atoms in total. The Morgan fingerprint density at radius 3 is 2.52 bits per heavy atom. The summed E-state index contributed by atoms with van der Waals surface area (Å²) in [6, 6.07) is 21.1. The van der Waals surface area contributed by atoms with Crippen molar-refractivity contribution in [2.75, 3.05) is 14.2 Å². The monoisotopic (exact) mass is 410 g/mol. The maximum Gasteiger partial charge on any atom is 0.161 e. The van der Waals surface area contributed by atoms with Crippen molar-refractivity contribution in [2.24, 2.45) is 5.10 Å². The van der Waals surface area contributed by atoms with E-state index < -0.39 is 0 Å². The van der Waals surface area contributed by atoms with E-state index in [1.54, 1.807) is 20.4 Å². The minimum atomic E-state index is 0.408. The summed E-state index contributed by atoms with van der Waals surface area (Å²) in [5.41, 5.74) is 5.95. The molecule has 0 bridgehead atoms. The Kier molecular flexibility index (Phi) is 7.36. The van der Waals surface area contributed by atoms with Gasteiger partial charge in [0.25, 0.3) is 0 Å². The predicted molar refractivity (Wildman–Crippen MR) is 116 cm³/mol. The lowest BCUT2D eigenvalue weighted by atomic mass is 10.2. The molecule has 0 aromatic heterocycles. The molecule has 150 valence electrons. The first-order valence-corrected chi connectivity index (χ1v) is 9.50. The lowest BCUT2D eigenvalue weighted by molar-refractivity contribution is 0.284. The van der Waals surface area contributed by atoms with E-state index in [0.29, 0.717) is 29.7 Å². The van der Waals surface area contributed by atoms with Gasteiger partial charge in [0, 0.05) is 10.6 Å². The van der Waals surface area contributed by atoms with Gasteiger partial charge in [-0.2, -0.15) is 5.10 Å². The van der Waals surface area contributed by atoms with Gasteiger partial charge in [0.2, 0.25) is 0 Å². The van der Waals surface area contributed by atoms with Gasteiger partial charge in [0.1, 0.15) is 12.4 Å². The third-order valence-corrected chi connectivity index (χ3v) is 4.47. The van der Waals surface area contributed by atoms with E-state index >= 15 is 0 Å². The zero-order chi connectivity index (χ0) is 20.5. The van der Waals surface area contributed by atoms with Gasteiger partial charge in [-0.3, -0.25) is 0 Å². The highest BCUT2D eigenvalue weighted by Crippen LogP contribution is 2.28. The predicted octanol–water partition coefficient (Wildman–Crippen LogP) is 5.06. The molecule has 3 rings (SSSR count). The molecule has 0 spiro atoms. The Labute approximate surface area is 175 Å². The summed E-state index contributed by atoms with van der Waals surface area (Å²) in [7, 11) is 3.27. The molecule has 0 atom stereocenters. The molecule has 3 aromatic rings. The summed E-state index contributed by atoms with van der Waals surface area (Å²) in [6.45, 7) is 0.975. The third kappa shape index (κ3) is 5.90. The van der Waals surface area contributed by atoms with E-state index in [9.17, 15) is 0 Å². The molecule has 0 heterocycles. The number of nitrogens with zero attached hydrogens (tertiary/aromatic N) is 1. The van der Waals surface area contributed by atoms with Crippen LogP contribution in [-0.2, 0) is 13.2 Å². The molecule has 29 heavy (non-hydrogen) atoms. The Morgan fingerprint density at radius 2 is 1.72 bits per heavy atom. The van der Waals surface area contributed by atoms with Crippen LogP contribution in [0, 0.1) is 0 Å². The minimum absolute atomic E-state index is 0.408. The first-order valence-electron chi connectivity index (χ1n) is 9.12. The maximum absolute atomic E-state index is 6.01. The Hall–Kier alpha value is -3.18. The molecule has 0 fully saturated rings. The van der Waals surface area contributed by atoms with E-state index in [4.69, 9.17) is 25.8 Å². The van der Waals surface area contributed by atoms with E-state index in [2.05, 4.69) is 10.5 Å². The first-order chi connectivity index (χ1) is 14.2. The van der Waals surface area contributed by atoms with Crippen LogP contribution in [0.3, 0.4) is 0 Å². The molecule has 0 saturated carbocycles. The molecule has 0 aliphatic rings. The largest absolute Gasteiger partial charge is 0.496 e. The van der Waals surface area contributed by atoms with Crippen molar-refractivity contribution in [3.8, 4) is 17.2 Å². The number of methoxy groups -OCH3 is 2. The summed E-state index contributed by atoms with van der Waals surface area (Å²) in [5, 5.41) is 4.96. The van der Waals surface area contributed by atoms with Crippen LogP contribution in [0.4, 0.5) is 0 Å². The first kappa shape index (κ1) is 20.6. The number of para-hydroxylation sites is 1. The van der Waals surface area contributed by atoms with Gasteiger partial charge in [-0.1, -0.05) is 41.9 Å². The van der Waals surface area contributed by atoms with Gasteiger partial charge >= 0.3 is 0 Å². The minimum Gasteiger partial charge on any atom is -0.496 e. The molecule has 0 radical (unpaired) electrons. The molecular formula is C23H23ClN2O3. The molecule has 1 N–H and O–H groups in total. The third-order valence-electron chi connectivity index (χ3n) is 4.24. The number of halogens is 1. The molecule has 0 aliphatic carbocycles. The number of ether oxygens (including phenoxy) is 3. The van der Waals surface area contributed by atoms with E-state index in [1.165, 1.54) is 0 Å². The van der Waals surface area contributed by atoms with E-state index in [-0.39, 0.29) is 0 Å². The van der Waals surface area contributed by atoms with Crippen LogP contribution in [0.1, 0.15) is 16.7 Å². The summed E-state index contributed by atoms with van der Waals surface area (Å²) in [5.74, 6) is 2.13. The van der Waals surface area contributed by atoms with Crippen molar-refractivity contribution < 1.29 is 14.2 Å². The van der Waals surface area contributed by atoms with Crippen LogP contribution in [0.2, 0.25) is 5.02 Å². The normalized spacial score (nSPS) is 10.7. The molecular weight excluding hydrogens is 388 g/mol. The van der Waals surface area contributed by atoms with Crippen LogP contribution in [0.15, 0.2) is 71.8 Å². The summed E-state index contributed by atoms with van der Waals surface area (Å²) in [6.07, 6.45) is 1.73. The molecule has 6 heteroatoms. The summed E-state index contributed by atoms with van der Waals surface area (Å²) in [4.78, 5) is 0. The van der Waals surface area contributed by atoms with Crippen molar-refractivity contribution in [1.29, 1.82) is 0 Å². The highest BCUT2D eigenvalue weighted by atomic mass is 35.5. The van der Waals surface area contributed by atoms with Crippen LogP contribution in [0.25, 0.3) is 0 Å². The number of benzene rings is 3. The summed E-state index contributed by atoms with van der Waals surface area (Å²) < 4.78 is 16.7. The number of hydrazone groups is 1. The smallest absolute Gasteiger partial charge is 0.161 e. The topological polar surface area (TPSA) is 52.1 Å². The fourth-order valence-electron chi connectivity index (χ4n) is 2.77. The fourth-order valence-corrected chi connectivity index (χ4v) is 2.98. The second-order valence-corrected chi connectivity index (χ2v) is 6.67. The van der Waals surface area contributed by atoms with Crippen LogP contribution in [0.5, 0.6) is 17.2 Å². The molecule has 0 saturated heterocycles. The van der Waals surface area contributed by atoms with Crippen molar-refractivity contribution in [3.63, 3.8) is 0 Å². The number of nitrogens with one attached hydrogen (secondary N) is 1. The van der Waals surface area contributed by atoms with Crippen molar-refractivity contribution in [3.05, 3.63) is 88.4 Å². The maximum atomic E-state index is 6.01. The standard InChI is InChI=1S/C23H23ClN2O3/c1-27-21-9-4-3-7-19(21)15-26-25-14-17-10-11-22(23(13-17)28-2)29-16-18-6-5-8-20(24)12-18/h3-14,26H,15-16H2,1-2H3/b25-14-. The van der Waals surface area contributed by atoms with Gasteiger partial charge in [0.15, 0.2) is 11.5 Å². The Morgan fingerprint density at radius 1 is 0.897 bits per heavy atom. The molecule has 0 unspecified atom stereocenters. The Bertz CT molecular complexity index is 976. The number of rotatable bonds is 9.